The van der Waals surface area contributed by atoms with E-state index >= 15 is 0 Å². The zero-order valence-corrected chi connectivity index (χ0v) is 34.1. The molecule has 2 nitrogen and oxygen atoms in total. The number of benzene rings is 8. The van der Waals surface area contributed by atoms with Crippen molar-refractivity contribution in [2.75, 3.05) is 0 Å². The summed E-state index contributed by atoms with van der Waals surface area (Å²) in [4.78, 5) is 12.9. The summed E-state index contributed by atoms with van der Waals surface area (Å²) in [7, 11) is 0. The van der Waals surface area contributed by atoms with Gasteiger partial charge in [0.05, 0.1) is 22.4 Å². The Morgan fingerprint density at radius 1 is 0.262 bits per heavy atom. The van der Waals surface area contributed by atoms with Gasteiger partial charge in [0.2, 0.25) is 0 Å². The van der Waals surface area contributed by atoms with Crippen molar-refractivity contribution in [3.63, 3.8) is 0 Å². The second-order valence-corrected chi connectivity index (χ2v) is 16.3. The first-order valence-corrected chi connectivity index (χ1v) is 21.5. The molecule has 0 N–H and O–H groups in total. The molecular formula is C58H38N2S. The summed E-state index contributed by atoms with van der Waals surface area (Å²) in [6.07, 6.45) is 0. The van der Waals surface area contributed by atoms with E-state index < -0.39 is 0 Å². The van der Waals surface area contributed by atoms with Crippen molar-refractivity contribution in [3.8, 4) is 87.9 Å². The molecule has 286 valence electrons. The molecule has 0 fully saturated rings. The van der Waals surface area contributed by atoms with E-state index in [9.17, 15) is 0 Å². The molecule has 3 aromatic heterocycles. The van der Waals surface area contributed by atoms with Crippen LogP contribution in [0.5, 0.6) is 0 Å². The third-order valence-corrected chi connectivity index (χ3v) is 12.8. The zero-order chi connectivity index (χ0) is 40.5. The van der Waals surface area contributed by atoms with Gasteiger partial charge in [0, 0.05) is 42.8 Å². The fourth-order valence-corrected chi connectivity index (χ4v) is 9.90. The van der Waals surface area contributed by atoms with Crippen molar-refractivity contribution in [1.82, 2.24) is 9.97 Å². The monoisotopic (exact) mass is 794 g/mol. The Kier molecular flexibility index (Phi) is 9.42. The van der Waals surface area contributed by atoms with Gasteiger partial charge < -0.3 is 0 Å². The third-order valence-electron chi connectivity index (χ3n) is 11.5. The molecule has 0 atom stereocenters. The minimum atomic E-state index is 0.964. The van der Waals surface area contributed by atoms with Crippen LogP contribution in [0.3, 0.4) is 0 Å². The molecule has 0 aliphatic carbocycles. The normalized spacial score (nSPS) is 11.3. The lowest BCUT2D eigenvalue weighted by atomic mass is 9.90. The maximum Gasteiger partial charge on any atom is 0.0716 e. The Morgan fingerprint density at radius 3 is 0.918 bits per heavy atom. The van der Waals surface area contributed by atoms with Crippen molar-refractivity contribution in [1.29, 1.82) is 0 Å². The average molecular weight is 795 g/mol. The van der Waals surface area contributed by atoms with E-state index in [4.69, 9.17) is 9.97 Å². The molecular weight excluding hydrogens is 757 g/mol. The quantitative estimate of drug-likeness (QED) is 0.153. The van der Waals surface area contributed by atoms with Gasteiger partial charge in [0.25, 0.3) is 0 Å². The molecule has 0 saturated heterocycles. The summed E-state index contributed by atoms with van der Waals surface area (Å²) in [6, 6.07) is 82.3. The first-order valence-electron chi connectivity index (χ1n) is 20.6. The Hall–Kier alpha value is -7.72. The summed E-state index contributed by atoms with van der Waals surface area (Å²) < 4.78 is 0. The third kappa shape index (κ3) is 6.91. The summed E-state index contributed by atoms with van der Waals surface area (Å²) >= 11 is 1.86. The van der Waals surface area contributed by atoms with Crippen LogP contribution in [0.25, 0.3) is 110 Å². The van der Waals surface area contributed by atoms with E-state index in [1.165, 1.54) is 43.1 Å². The van der Waals surface area contributed by atoms with E-state index in [-0.39, 0.29) is 0 Å². The average Bonchev–Trinajstić information content (AvgIpc) is 3.75. The van der Waals surface area contributed by atoms with Gasteiger partial charge in [-0.1, -0.05) is 194 Å². The molecule has 0 amide bonds. The molecule has 3 heterocycles. The molecule has 61 heavy (non-hydrogen) atoms. The number of thiophene rings is 1. The summed E-state index contributed by atoms with van der Waals surface area (Å²) in [5, 5.41) is 2.24. The van der Waals surface area contributed by atoms with E-state index in [1.807, 2.05) is 11.3 Å². The van der Waals surface area contributed by atoms with E-state index in [0.29, 0.717) is 0 Å². The molecule has 0 radical (unpaired) electrons. The van der Waals surface area contributed by atoms with Gasteiger partial charge in [-0.05, 0) is 80.9 Å². The highest BCUT2D eigenvalue weighted by Crippen LogP contribution is 2.53. The van der Waals surface area contributed by atoms with E-state index in [1.54, 1.807) is 0 Å². The van der Waals surface area contributed by atoms with E-state index in [0.717, 1.165) is 66.6 Å². The fourth-order valence-electron chi connectivity index (χ4n) is 8.56. The minimum Gasteiger partial charge on any atom is -0.248 e. The summed E-state index contributed by atoms with van der Waals surface area (Å²) in [5.41, 5.74) is 17.9. The van der Waals surface area contributed by atoms with Crippen LogP contribution in [-0.4, -0.2) is 9.97 Å². The first kappa shape index (κ1) is 36.4. The fraction of sp³-hybridized carbons (Fsp3) is 0. The van der Waals surface area contributed by atoms with Gasteiger partial charge in [-0.15, -0.1) is 11.3 Å². The molecule has 3 heteroatoms. The smallest absolute Gasteiger partial charge is 0.0716 e. The van der Waals surface area contributed by atoms with Crippen LogP contribution < -0.4 is 0 Å². The summed E-state index contributed by atoms with van der Waals surface area (Å²) in [6.45, 7) is 0. The standard InChI is InChI=1S/C58H38N2S/c1-7-19-39(20-8-1)47-37-53(41-23-11-3-12-24-41)59-51-33-31-45(35-49(47)51)57-55(43-27-15-5-16-28-43)56(44-29-17-6-18-30-44)58(61-57)46-32-34-52-50(36-46)48(40-21-9-2-10-22-40)38-54(60-52)42-25-13-4-14-26-42/h1-38H. The SMILES string of the molecule is c1ccc(-c2cc(-c3ccccc3)c3cc(-c4sc(-c5ccc6nc(-c7ccccc7)cc(-c7ccccc7)c6c5)c(-c5ccccc5)c4-c4ccccc4)ccc3n2)cc1. The molecule has 0 aliphatic rings. The van der Waals surface area contributed by atoms with E-state index in [2.05, 4.69) is 231 Å². The number of rotatable bonds is 8. The second-order valence-electron chi connectivity index (χ2n) is 15.3. The number of hydrogen-bond donors (Lipinski definition) is 0. The van der Waals surface area contributed by atoms with Gasteiger partial charge in [0.15, 0.2) is 0 Å². The van der Waals surface area contributed by atoms with Crippen LogP contribution >= 0.6 is 11.3 Å². The minimum absolute atomic E-state index is 0.964. The molecule has 11 rings (SSSR count). The van der Waals surface area contributed by atoms with Gasteiger partial charge >= 0.3 is 0 Å². The van der Waals surface area contributed by atoms with Crippen LogP contribution in [0.15, 0.2) is 231 Å². The van der Waals surface area contributed by atoms with Gasteiger partial charge in [-0.3, -0.25) is 0 Å². The highest BCUT2D eigenvalue weighted by atomic mass is 32.1. The Morgan fingerprint density at radius 2 is 0.574 bits per heavy atom. The highest BCUT2D eigenvalue weighted by Gasteiger charge is 2.25. The Labute approximate surface area is 359 Å². The predicted molar refractivity (Wildman–Crippen MR) is 258 cm³/mol. The van der Waals surface area contributed by atoms with Crippen LogP contribution in [0.4, 0.5) is 0 Å². The predicted octanol–water partition coefficient (Wildman–Crippen LogP) is 16.2. The number of nitrogens with zero attached hydrogens (tertiary/aromatic N) is 2. The number of pyridine rings is 2. The van der Waals surface area contributed by atoms with Crippen LogP contribution in [-0.2, 0) is 0 Å². The number of hydrogen-bond acceptors (Lipinski definition) is 3. The zero-order valence-electron chi connectivity index (χ0n) is 33.2. The van der Waals surface area contributed by atoms with Crippen molar-refractivity contribution in [2.45, 2.75) is 0 Å². The first-order chi connectivity index (χ1) is 30.2. The van der Waals surface area contributed by atoms with Crippen LogP contribution in [0, 0.1) is 0 Å². The second kappa shape index (κ2) is 15.8. The molecule has 0 unspecified atom stereocenters. The van der Waals surface area contributed by atoms with Crippen LogP contribution in [0.2, 0.25) is 0 Å². The lowest BCUT2D eigenvalue weighted by Crippen LogP contribution is -1.91. The lowest BCUT2D eigenvalue weighted by molar-refractivity contribution is 1.40. The Balaban J connectivity index is 1.17. The molecule has 0 bridgehead atoms. The number of aromatic nitrogens is 2. The maximum atomic E-state index is 5.25. The molecule has 0 saturated carbocycles. The van der Waals surface area contributed by atoms with Crippen molar-refractivity contribution in [3.05, 3.63) is 231 Å². The van der Waals surface area contributed by atoms with Crippen molar-refractivity contribution >= 4 is 33.1 Å². The van der Waals surface area contributed by atoms with Gasteiger partial charge in [-0.2, -0.15) is 0 Å². The van der Waals surface area contributed by atoms with Crippen molar-refractivity contribution in [2.24, 2.45) is 0 Å². The summed E-state index contributed by atoms with van der Waals surface area (Å²) in [5.74, 6) is 0. The topological polar surface area (TPSA) is 25.8 Å². The maximum absolute atomic E-state index is 5.25. The molecule has 8 aromatic carbocycles. The molecule has 0 aliphatic heterocycles. The van der Waals surface area contributed by atoms with Gasteiger partial charge in [0.1, 0.15) is 0 Å². The van der Waals surface area contributed by atoms with Crippen LogP contribution in [0.1, 0.15) is 0 Å². The van der Waals surface area contributed by atoms with Crippen molar-refractivity contribution < 1.29 is 0 Å². The highest BCUT2D eigenvalue weighted by molar-refractivity contribution is 7.20. The lowest BCUT2D eigenvalue weighted by Gasteiger charge is -2.14. The molecule has 0 spiro atoms. The molecule has 11 aromatic rings. The van der Waals surface area contributed by atoms with Gasteiger partial charge in [-0.25, -0.2) is 9.97 Å². The Bertz CT molecular complexity index is 3080. The number of fused-ring (bicyclic) bond motifs is 2. The largest absolute Gasteiger partial charge is 0.248 e.